The summed E-state index contributed by atoms with van der Waals surface area (Å²) in [6, 6.07) is 10.4. The van der Waals surface area contributed by atoms with Crippen molar-refractivity contribution in [3.63, 3.8) is 0 Å². The molecular weight excluding hydrogens is 438 g/mol. The quantitative estimate of drug-likeness (QED) is 0.461. The van der Waals surface area contributed by atoms with E-state index in [4.69, 9.17) is 26.8 Å². The molecule has 2 aliphatic rings. The molecule has 0 bridgehead atoms. The van der Waals surface area contributed by atoms with Crippen LogP contribution in [0.1, 0.15) is 38.3 Å². The summed E-state index contributed by atoms with van der Waals surface area (Å²) in [7, 11) is 0. The molecule has 7 nitrogen and oxygen atoms in total. The number of fused-ring (bicyclic) bond motifs is 3. The third-order valence-corrected chi connectivity index (χ3v) is 7.26. The highest BCUT2D eigenvalue weighted by molar-refractivity contribution is 6.33. The van der Waals surface area contributed by atoms with Crippen LogP contribution in [-0.2, 0) is 15.9 Å². The molecule has 2 fully saturated rings. The van der Waals surface area contributed by atoms with Crippen LogP contribution in [0.4, 0.5) is 5.82 Å². The summed E-state index contributed by atoms with van der Waals surface area (Å²) in [5.41, 5.74) is 8.96. The number of aryl methyl sites for hydroxylation is 1. The fraction of sp³-hybridized carbons (Fsp3) is 0.400. The highest BCUT2D eigenvalue weighted by atomic mass is 35.5. The van der Waals surface area contributed by atoms with Crippen molar-refractivity contribution in [1.29, 1.82) is 0 Å². The van der Waals surface area contributed by atoms with Crippen molar-refractivity contribution in [2.24, 2.45) is 5.92 Å². The molecule has 170 valence electrons. The highest BCUT2D eigenvalue weighted by Crippen LogP contribution is 2.49. The first kappa shape index (κ1) is 20.8. The summed E-state index contributed by atoms with van der Waals surface area (Å²) >= 11 is 6.12. The van der Waals surface area contributed by atoms with Crippen LogP contribution in [-0.4, -0.2) is 37.5 Å². The summed E-state index contributed by atoms with van der Waals surface area (Å²) in [6.07, 6.45) is 8.52. The summed E-state index contributed by atoms with van der Waals surface area (Å²) in [4.78, 5) is 13.1. The van der Waals surface area contributed by atoms with Crippen molar-refractivity contribution in [1.82, 2.24) is 19.5 Å². The Bertz CT molecular complexity index is 1350. The second kappa shape index (κ2) is 7.65. The second-order valence-corrected chi connectivity index (χ2v) is 9.98. The Morgan fingerprint density at radius 3 is 2.88 bits per heavy atom. The molecule has 6 rings (SSSR count). The van der Waals surface area contributed by atoms with Gasteiger partial charge >= 0.3 is 0 Å². The fourth-order valence-electron chi connectivity index (χ4n) is 5.49. The van der Waals surface area contributed by atoms with Crippen LogP contribution in [0.2, 0.25) is 5.02 Å². The minimum atomic E-state index is -0.589. The summed E-state index contributed by atoms with van der Waals surface area (Å²) in [6.45, 7) is 4.00. The van der Waals surface area contributed by atoms with E-state index in [1.807, 2.05) is 26.1 Å². The molecule has 1 aliphatic heterocycles. The fourth-order valence-corrected chi connectivity index (χ4v) is 5.65. The van der Waals surface area contributed by atoms with Crippen LogP contribution in [0, 0.1) is 5.92 Å². The summed E-state index contributed by atoms with van der Waals surface area (Å²) in [5, 5.41) is 2.52. The maximum absolute atomic E-state index is 6.40. The minimum absolute atomic E-state index is 0.00391. The molecule has 4 heterocycles. The number of pyridine rings is 1. The standard InChI is InChI=1S/C25H26ClN5O2/c1-25(2)32-21-16(6-4-14-3-5-15-10-18(26)23(27)30-19(15)9-14)11-20(22(21)33-25)31-8-7-17-12-28-13-29-24(17)31/h3,5,7-10,12-13,16,20-22H,4,6,11H2,1-2H3,(H2,27,30)/t16-,20+,21+,22-/m0/s1. The van der Waals surface area contributed by atoms with Gasteiger partial charge in [-0.25, -0.2) is 15.0 Å². The number of aromatic nitrogens is 4. The SMILES string of the molecule is CC1(C)O[C@@H]2[C@@H](CCc3ccc4cc(Cl)c(N)nc4c3)C[C@@H](n3ccc4cncnc43)[C@@H]2O1. The maximum Gasteiger partial charge on any atom is 0.163 e. The molecule has 0 spiro atoms. The number of halogens is 1. The van der Waals surface area contributed by atoms with Gasteiger partial charge in [0.1, 0.15) is 23.9 Å². The molecule has 8 heteroatoms. The third-order valence-electron chi connectivity index (χ3n) is 6.95. The average molecular weight is 464 g/mol. The Hall–Kier alpha value is -2.74. The van der Waals surface area contributed by atoms with Gasteiger partial charge in [-0.15, -0.1) is 0 Å². The van der Waals surface area contributed by atoms with Gasteiger partial charge in [-0.05, 0) is 62.8 Å². The number of nitrogen functional groups attached to an aromatic ring is 1. The zero-order valence-electron chi connectivity index (χ0n) is 18.6. The molecule has 1 saturated carbocycles. The molecule has 0 unspecified atom stereocenters. The molecule has 1 aromatic carbocycles. The third kappa shape index (κ3) is 3.64. The van der Waals surface area contributed by atoms with E-state index in [-0.39, 0.29) is 18.2 Å². The summed E-state index contributed by atoms with van der Waals surface area (Å²) in [5.74, 6) is 0.151. The predicted octanol–water partition coefficient (Wildman–Crippen LogP) is 4.93. The Kier molecular flexibility index (Phi) is 4.83. The number of hydrogen-bond donors (Lipinski definition) is 1. The number of anilines is 1. The zero-order chi connectivity index (χ0) is 22.7. The lowest BCUT2D eigenvalue weighted by Crippen LogP contribution is -2.27. The van der Waals surface area contributed by atoms with Gasteiger partial charge in [0.25, 0.3) is 0 Å². The van der Waals surface area contributed by atoms with Gasteiger partial charge in [0.2, 0.25) is 0 Å². The largest absolute Gasteiger partial charge is 0.382 e. The average Bonchev–Trinajstić information content (AvgIpc) is 3.44. The van der Waals surface area contributed by atoms with E-state index >= 15 is 0 Å². The number of nitrogens with zero attached hydrogens (tertiary/aromatic N) is 4. The normalized spacial score (nSPS) is 26.3. The zero-order valence-corrected chi connectivity index (χ0v) is 19.4. The van der Waals surface area contributed by atoms with E-state index in [1.165, 1.54) is 5.56 Å². The van der Waals surface area contributed by atoms with Gasteiger partial charge in [-0.1, -0.05) is 23.7 Å². The first-order chi connectivity index (χ1) is 15.9. The van der Waals surface area contributed by atoms with Gasteiger partial charge in [-0.2, -0.15) is 0 Å². The van der Waals surface area contributed by atoms with Crippen LogP contribution in [0.5, 0.6) is 0 Å². The molecule has 4 atom stereocenters. The molecule has 2 N–H and O–H groups in total. The van der Waals surface area contributed by atoms with E-state index in [1.54, 1.807) is 6.33 Å². The van der Waals surface area contributed by atoms with Gasteiger partial charge in [0.15, 0.2) is 5.79 Å². The minimum Gasteiger partial charge on any atom is -0.382 e. The lowest BCUT2D eigenvalue weighted by atomic mass is 9.95. The number of ether oxygens (including phenoxy) is 2. The van der Waals surface area contributed by atoms with Crippen molar-refractivity contribution in [3.8, 4) is 0 Å². The highest BCUT2D eigenvalue weighted by Gasteiger charge is 2.54. The van der Waals surface area contributed by atoms with Crippen LogP contribution < -0.4 is 5.73 Å². The predicted molar refractivity (Wildman–Crippen MR) is 128 cm³/mol. The Labute approximate surface area is 196 Å². The van der Waals surface area contributed by atoms with Gasteiger partial charge in [-0.3, -0.25) is 0 Å². The molecule has 4 aromatic rings. The monoisotopic (exact) mass is 463 g/mol. The van der Waals surface area contributed by atoms with Crippen LogP contribution in [0.25, 0.3) is 21.9 Å². The maximum atomic E-state index is 6.40. The number of rotatable bonds is 4. The molecule has 1 aliphatic carbocycles. The van der Waals surface area contributed by atoms with E-state index < -0.39 is 5.79 Å². The van der Waals surface area contributed by atoms with E-state index in [0.29, 0.717) is 16.8 Å². The van der Waals surface area contributed by atoms with Crippen LogP contribution >= 0.6 is 11.6 Å². The molecule has 0 radical (unpaired) electrons. The van der Waals surface area contributed by atoms with Crippen molar-refractivity contribution >= 4 is 39.4 Å². The number of hydrogen-bond acceptors (Lipinski definition) is 6. The van der Waals surface area contributed by atoms with Gasteiger partial charge < -0.3 is 19.8 Å². The number of nitrogens with two attached hydrogens (primary N) is 1. The van der Waals surface area contributed by atoms with Crippen molar-refractivity contribution < 1.29 is 9.47 Å². The lowest BCUT2D eigenvalue weighted by Gasteiger charge is -2.24. The lowest BCUT2D eigenvalue weighted by molar-refractivity contribution is -0.160. The van der Waals surface area contributed by atoms with Crippen LogP contribution in [0.15, 0.2) is 49.1 Å². The molecule has 0 amide bonds. The number of benzene rings is 1. The molecule has 1 saturated heterocycles. The van der Waals surface area contributed by atoms with E-state index in [0.717, 1.165) is 41.2 Å². The Morgan fingerprint density at radius 1 is 1.15 bits per heavy atom. The van der Waals surface area contributed by atoms with Crippen molar-refractivity contribution in [2.45, 2.75) is 57.1 Å². The molecule has 3 aromatic heterocycles. The Morgan fingerprint density at radius 2 is 2.00 bits per heavy atom. The van der Waals surface area contributed by atoms with E-state index in [2.05, 4.69) is 50.0 Å². The van der Waals surface area contributed by atoms with Gasteiger partial charge in [0.05, 0.1) is 22.7 Å². The van der Waals surface area contributed by atoms with Crippen molar-refractivity contribution in [3.05, 3.63) is 59.6 Å². The first-order valence-corrected chi connectivity index (χ1v) is 11.7. The molecule has 33 heavy (non-hydrogen) atoms. The summed E-state index contributed by atoms with van der Waals surface area (Å²) < 4.78 is 15.0. The van der Waals surface area contributed by atoms with Crippen molar-refractivity contribution in [2.75, 3.05) is 5.73 Å². The van der Waals surface area contributed by atoms with Gasteiger partial charge in [0, 0.05) is 23.2 Å². The first-order valence-electron chi connectivity index (χ1n) is 11.3. The van der Waals surface area contributed by atoms with E-state index in [9.17, 15) is 0 Å². The molecular formula is C25H26ClN5O2. The topological polar surface area (TPSA) is 88.1 Å². The van der Waals surface area contributed by atoms with Crippen LogP contribution in [0.3, 0.4) is 0 Å². The smallest absolute Gasteiger partial charge is 0.163 e. The Balaban J connectivity index is 1.26. The second-order valence-electron chi connectivity index (χ2n) is 9.57.